The van der Waals surface area contributed by atoms with Crippen LogP contribution in [-0.4, -0.2) is 48.5 Å². The number of hydrogen-bond acceptors (Lipinski definition) is 5. The van der Waals surface area contributed by atoms with Crippen LogP contribution >= 0.6 is 0 Å². The van der Waals surface area contributed by atoms with Gasteiger partial charge in [0.1, 0.15) is 5.75 Å². The number of nitrogens with zero attached hydrogens (tertiary/aromatic N) is 1. The molecule has 2 amide bonds. The zero-order chi connectivity index (χ0) is 27.7. The van der Waals surface area contributed by atoms with E-state index in [-0.39, 0.29) is 46.4 Å². The summed E-state index contributed by atoms with van der Waals surface area (Å²) in [5, 5.41) is 2.35. The molecule has 1 aliphatic heterocycles. The second-order valence-corrected chi connectivity index (χ2v) is 11.3. The number of anilines is 1. The standard InChI is InChI=1S/C28H31F3N2O5/c1-26(2)12-21-13-27(3,16-26)17-33(21)24(35)15-38-25(36)18-7-9-22(10-8-18)37-14-23(34)32-20-6-4-5-19(11-20)28(29,30)31/h4-11,21H,12-17H2,1-3H3,(H,32,34)/t21-,27+/m0/s1. The monoisotopic (exact) mass is 532 g/mol. The number of nitrogens with one attached hydrogen (secondary N) is 1. The number of rotatable bonds is 7. The van der Waals surface area contributed by atoms with Crippen LogP contribution in [0.5, 0.6) is 5.75 Å². The molecule has 0 aromatic heterocycles. The van der Waals surface area contributed by atoms with E-state index in [1.165, 1.54) is 36.4 Å². The van der Waals surface area contributed by atoms with Gasteiger partial charge < -0.3 is 19.7 Å². The van der Waals surface area contributed by atoms with E-state index in [1.54, 1.807) is 0 Å². The Morgan fingerprint density at radius 2 is 1.74 bits per heavy atom. The Morgan fingerprint density at radius 3 is 2.42 bits per heavy atom. The van der Waals surface area contributed by atoms with E-state index in [0.29, 0.717) is 6.54 Å². The molecule has 2 bridgehead atoms. The van der Waals surface area contributed by atoms with Gasteiger partial charge in [-0.15, -0.1) is 0 Å². The fraction of sp³-hybridized carbons (Fsp3) is 0.464. The number of carbonyl (C=O) groups is 3. The number of benzene rings is 2. The molecule has 2 fully saturated rings. The number of hydrogen-bond donors (Lipinski definition) is 1. The molecule has 2 aromatic carbocycles. The highest BCUT2D eigenvalue weighted by molar-refractivity contribution is 5.92. The minimum atomic E-state index is -4.52. The highest BCUT2D eigenvalue weighted by Gasteiger charge is 2.51. The average molecular weight is 533 g/mol. The molecular formula is C28H31F3N2O5. The lowest BCUT2D eigenvalue weighted by molar-refractivity contribution is -0.137. The van der Waals surface area contributed by atoms with Crippen molar-refractivity contribution in [1.29, 1.82) is 0 Å². The molecule has 1 saturated heterocycles. The molecule has 1 aliphatic carbocycles. The summed E-state index contributed by atoms with van der Waals surface area (Å²) in [4.78, 5) is 39.2. The number of esters is 1. The number of alkyl halides is 3. The van der Waals surface area contributed by atoms with E-state index in [4.69, 9.17) is 9.47 Å². The zero-order valence-electron chi connectivity index (χ0n) is 21.6. The maximum absolute atomic E-state index is 12.8. The van der Waals surface area contributed by atoms with Crippen molar-refractivity contribution in [2.45, 2.75) is 52.3 Å². The van der Waals surface area contributed by atoms with Crippen LogP contribution in [0.15, 0.2) is 48.5 Å². The highest BCUT2D eigenvalue weighted by atomic mass is 19.4. The number of amides is 2. The molecule has 0 unspecified atom stereocenters. The third-order valence-electron chi connectivity index (χ3n) is 7.00. The average Bonchev–Trinajstić information content (AvgIpc) is 3.09. The summed E-state index contributed by atoms with van der Waals surface area (Å²) >= 11 is 0. The van der Waals surface area contributed by atoms with Crippen LogP contribution < -0.4 is 10.1 Å². The van der Waals surface area contributed by atoms with Gasteiger partial charge in [-0.1, -0.05) is 26.8 Å². The van der Waals surface area contributed by atoms with E-state index in [1.807, 2.05) is 4.90 Å². The number of fused-ring (bicyclic) bond motifs is 2. The summed E-state index contributed by atoms with van der Waals surface area (Å²) < 4.78 is 49.1. The minimum absolute atomic E-state index is 0.00346. The van der Waals surface area contributed by atoms with E-state index in [2.05, 4.69) is 26.1 Å². The smallest absolute Gasteiger partial charge is 0.416 e. The number of carbonyl (C=O) groups excluding carboxylic acids is 3. The molecule has 0 radical (unpaired) electrons. The molecule has 1 saturated carbocycles. The van der Waals surface area contributed by atoms with Crippen molar-refractivity contribution in [2.75, 3.05) is 25.1 Å². The van der Waals surface area contributed by atoms with Gasteiger partial charge in [-0.2, -0.15) is 13.2 Å². The van der Waals surface area contributed by atoms with E-state index >= 15 is 0 Å². The van der Waals surface area contributed by atoms with Crippen molar-refractivity contribution in [1.82, 2.24) is 4.90 Å². The molecule has 2 aromatic rings. The maximum atomic E-state index is 12.8. The predicted octanol–water partition coefficient (Wildman–Crippen LogP) is 5.31. The van der Waals surface area contributed by atoms with Crippen molar-refractivity contribution in [3.63, 3.8) is 0 Å². The van der Waals surface area contributed by atoms with Crippen molar-refractivity contribution in [3.05, 3.63) is 59.7 Å². The van der Waals surface area contributed by atoms with Gasteiger partial charge in [0.15, 0.2) is 13.2 Å². The van der Waals surface area contributed by atoms with Crippen LogP contribution in [0.25, 0.3) is 0 Å². The summed E-state index contributed by atoms with van der Waals surface area (Å²) in [5.41, 5.74) is -0.400. The molecule has 2 aliphatic rings. The fourth-order valence-electron chi connectivity index (χ4n) is 5.85. The van der Waals surface area contributed by atoms with Gasteiger partial charge in [0, 0.05) is 18.3 Å². The minimum Gasteiger partial charge on any atom is -0.484 e. The Morgan fingerprint density at radius 1 is 1.03 bits per heavy atom. The molecule has 0 spiro atoms. The van der Waals surface area contributed by atoms with Crippen LogP contribution in [0, 0.1) is 10.8 Å². The summed E-state index contributed by atoms with van der Waals surface area (Å²) in [6.07, 6.45) is -1.56. The Bertz CT molecular complexity index is 1210. The number of likely N-dealkylation sites (tertiary alicyclic amines) is 1. The third-order valence-corrected chi connectivity index (χ3v) is 7.00. The lowest BCUT2D eigenvalue weighted by Gasteiger charge is -2.39. The molecule has 10 heteroatoms. The largest absolute Gasteiger partial charge is 0.484 e. The van der Waals surface area contributed by atoms with Crippen LogP contribution in [0.1, 0.15) is 56.0 Å². The lowest BCUT2D eigenvalue weighted by atomic mass is 9.65. The SMILES string of the molecule is CC1(C)C[C@H]2C[C@@](C)(CN2C(=O)COC(=O)c2ccc(OCC(=O)Nc3cccc(C(F)(F)F)c3)cc2)C1. The molecule has 204 valence electrons. The topological polar surface area (TPSA) is 84.9 Å². The van der Waals surface area contributed by atoms with Gasteiger partial charge in [0.2, 0.25) is 0 Å². The first-order valence-electron chi connectivity index (χ1n) is 12.4. The zero-order valence-corrected chi connectivity index (χ0v) is 21.6. The van der Waals surface area contributed by atoms with Crippen LogP contribution in [0.2, 0.25) is 0 Å². The predicted molar refractivity (Wildman–Crippen MR) is 134 cm³/mol. The number of halogens is 3. The lowest BCUT2D eigenvalue weighted by Crippen LogP contribution is -2.39. The van der Waals surface area contributed by atoms with Crippen molar-refractivity contribution in [2.24, 2.45) is 10.8 Å². The molecular weight excluding hydrogens is 501 g/mol. The Hall–Kier alpha value is -3.56. The molecule has 38 heavy (non-hydrogen) atoms. The first kappa shape index (κ1) is 27.5. The molecule has 4 rings (SSSR count). The van der Waals surface area contributed by atoms with Crippen LogP contribution in [0.4, 0.5) is 18.9 Å². The maximum Gasteiger partial charge on any atom is 0.416 e. The summed E-state index contributed by atoms with van der Waals surface area (Å²) in [7, 11) is 0. The second kappa shape index (κ2) is 10.3. The first-order chi connectivity index (χ1) is 17.7. The fourth-order valence-corrected chi connectivity index (χ4v) is 5.85. The van der Waals surface area contributed by atoms with E-state index < -0.39 is 30.2 Å². The van der Waals surface area contributed by atoms with Gasteiger partial charge in [0.25, 0.3) is 11.8 Å². The Balaban J connectivity index is 1.24. The first-order valence-corrected chi connectivity index (χ1v) is 12.4. The normalized spacial score (nSPS) is 22.1. The summed E-state index contributed by atoms with van der Waals surface area (Å²) in [5.74, 6) is -1.22. The van der Waals surface area contributed by atoms with Gasteiger partial charge in [-0.3, -0.25) is 9.59 Å². The third kappa shape index (κ3) is 6.65. The molecule has 1 heterocycles. The summed E-state index contributed by atoms with van der Waals surface area (Å²) in [6, 6.07) is 10.3. The second-order valence-electron chi connectivity index (χ2n) is 11.3. The van der Waals surface area contributed by atoms with Gasteiger partial charge in [0.05, 0.1) is 11.1 Å². The van der Waals surface area contributed by atoms with E-state index in [0.717, 1.165) is 31.4 Å². The van der Waals surface area contributed by atoms with Gasteiger partial charge >= 0.3 is 12.1 Å². The Kier molecular flexibility index (Phi) is 7.45. The Labute approximate surface area is 219 Å². The van der Waals surface area contributed by atoms with Crippen LogP contribution in [-0.2, 0) is 20.5 Å². The summed E-state index contributed by atoms with van der Waals surface area (Å²) in [6.45, 7) is 6.55. The molecule has 1 N–H and O–H groups in total. The van der Waals surface area contributed by atoms with Crippen LogP contribution in [0.3, 0.4) is 0 Å². The highest BCUT2D eigenvalue weighted by Crippen LogP contribution is 2.52. The van der Waals surface area contributed by atoms with Crippen molar-refractivity contribution < 1.29 is 37.0 Å². The molecule has 2 atom stereocenters. The quantitative estimate of drug-likeness (QED) is 0.489. The van der Waals surface area contributed by atoms with Crippen molar-refractivity contribution in [3.8, 4) is 5.75 Å². The van der Waals surface area contributed by atoms with E-state index in [9.17, 15) is 27.6 Å². The number of ether oxygens (including phenoxy) is 2. The van der Waals surface area contributed by atoms with Gasteiger partial charge in [-0.05, 0) is 72.6 Å². The van der Waals surface area contributed by atoms with Gasteiger partial charge in [-0.25, -0.2) is 4.79 Å². The molecule has 7 nitrogen and oxygen atoms in total. The van der Waals surface area contributed by atoms with Crippen molar-refractivity contribution >= 4 is 23.5 Å².